The van der Waals surface area contributed by atoms with Crippen LogP contribution >= 0.6 is 0 Å². The van der Waals surface area contributed by atoms with Gasteiger partial charge in [-0.3, -0.25) is 0 Å². The first kappa shape index (κ1) is 12.2. The highest BCUT2D eigenvalue weighted by Crippen LogP contribution is 2.26. The summed E-state index contributed by atoms with van der Waals surface area (Å²) >= 11 is 0. The average molecular weight is 242 g/mol. The molecule has 0 atom stereocenters. The average Bonchev–Trinajstić information content (AvgIpc) is 2.32. The molecule has 2 aromatic carbocycles. The van der Waals surface area contributed by atoms with Crippen LogP contribution in [0.4, 0.5) is 0 Å². The predicted octanol–water partition coefficient (Wildman–Crippen LogP) is 3.79. The fraction of sp³-hybridized carbons (Fsp3) is 0.133. The van der Waals surface area contributed by atoms with Crippen molar-refractivity contribution in [3.05, 3.63) is 59.2 Å². The molecule has 0 bridgehead atoms. The lowest BCUT2D eigenvalue weighted by Crippen LogP contribution is -1.99. The molecule has 2 aromatic rings. The van der Waals surface area contributed by atoms with Crippen LogP contribution in [-0.2, 0) is 0 Å². The Morgan fingerprint density at radius 3 is 2.39 bits per heavy atom. The number of aromatic carboxylic acids is 1. The van der Waals surface area contributed by atoms with Crippen LogP contribution < -0.4 is 4.74 Å². The van der Waals surface area contributed by atoms with Crippen LogP contribution in [0.15, 0.2) is 42.5 Å². The molecule has 2 rings (SSSR count). The zero-order chi connectivity index (χ0) is 13.1. The maximum absolute atomic E-state index is 10.9. The van der Waals surface area contributed by atoms with Gasteiger partial charge < -0.3 is 9.84 Å². The highest BCUT2D eigenvalue weighted by atomic mass is 16.5. The molecule has 0 saturated heterocycles. The van der Waals surface area contributed by atoms with Crippen LogP contribution in [0.2, 0.25) is 0 Å². The third-order valence-electron chi connectivity index (χ3n) is 2.75. The number of ether oxygens (including phenoxy) is 1. The van der Waals surface area contributed by atoms with Gasteiger partial charge in [-0.05, 0) is 49.2 Å². The number of carboxylic acids is 1. The molecule has 0 aliphatic heterocycles. The van der Waals surface area contributed by atoms with E-state index in [4.69, 9.17) is 9.84 Å². The van der Waals surface area contributed by atoms with E-state index >= 15 is 0 Å². The van der Waals surface area contributed by atoms with E-state index in [1.165, 1.54) is 0 Å². The number of benzene rings is 2. The van der Waals surface area contributed by atoms with Crippen molar-refractivity contribution in [2.75, 3.05) is 0 Å². The normalized spacial score (nSPS) is 10.1. The van der Waals surface area contributed by atoms with E-state index in [0.29, 0.717) is 16.9 Å². The lowest BCUT2D eigenvalue weighted by atomic mass is 10.1. The zero-order valence-electron chi connectivity index (χ0n) is 10.3. The van der Waals surface area contributed by atoms with E-state index in [2.05, 4.69) is 0 Å². The number of hydrogen-bond donors (Lipinski definition) is 1. The SMILES string of the molecule is Cc1ccccc1Oc1ccc(C(=O)O)c(C)c1. The molecule has 18 heavy (non-hydrogen) atoms. The summed E-state index contributed by atoms with van der Waals surface area (Å²) in [4.78, 5) is 10.9. The van der Waals surface area contributed by atoms with Crippen molar-refractivity contribution in [2.45, 2.75) is 13.8 Å². The fourth-order valence-electron chi connectivity index (χ4n) is 1.74. The second kappa shape index (κ2) is 4.92. The summed E-state index contributed by atoms with van der Waals surface area (Å²) < 4.78 is 5.73. The maximum atomic E-state index is 10.9. The number of para-hydroxylation sites is 1. The summed E-state index contributed by atoms with van der Waals surface area (Å²) in [5, 5.41) is 8.95. The van der Waals surface area contributed by atoms with Gasteiger partial charge in [0.1, 0.15) is 11.5 Å². The van der Waals surface area contributed by atoms with Crippen LogP contribution in [0.3, 0.4) is 0 Å². The minimum Gasteiger partial charge on any atom is -0.478 e. The minimum absolute atomic E-state index is 0.298. The molecule has 0 aromatic heterocycles. The van der Waals surface area contributed by atoms with Crippen LogP contribution in [0.5, 0.6) is 11.5 Å². The topological polar surface area (TPSA) is 46.5 Å². The Hall–Kier alpha value is -2.29. The van der Waals surface area contributed by atoms with Gasteiger partial charge in [-0.25, -0.2) is 4.79 Å². The summed E-state index contributed by atoms with van der Waals surface area (Å²) in [6, 6.07) is 12.7. The molecule has 3 heteroatoms. The Labute approximate surface area is 106 Å². The smallest absolute Gasteiger partial charge is 0.335 e. The second-order valence-electron chi connectivity index (χ2n) is 4.15. The molecule has 0 unspecified atom stereocenters. The molecule has 0 amide bonds. The van der Waals surface area contributed by atoms with Gasteiger partial charge in [-0.15, -0.1) is 0 Å². The van der Waals surface area contributed by atoms with E-state index < -0.39 is 5.97 Å². The van der Waals surface area contributed by atoms with Crippen molar-refractivity contribution in [1.29, 1.82) is 0 Å². The van der Waals surface area contributed by atoms with Crippen LogP contribution in [-0.4, -0.2) is 11.1 Å². The van der Waals surface area contributed by atoms with E-state index in [-0.39, 0.29) is 0 Å². The van der Waals surface area contributed by atoms with Crippen molar-refractivity contribution >= 4 is 5.97 Å². The third kappa shape index (κ3) is 2.51. The minimum atomic E-state index is -0.921. The Balaban J connectivity index is 2.29. The van der Waals surface area contributed by atoms with Crippen LogP contribution in [0.25, 0.3) is 0 Å². The number of aryl methyl sites for hydroxylation is 2. The van der Waals surface area contributed by atoms with E-state index in [1.54, 1.807) is 25.1 Å². The summed E-state index contributed by atoms with van der Waals surface area (Å²) in [5.41, 5.74) is 2.03. The summed E-state index contributed by atoms with van der Waals surface area (Å²) in [6.45, 7) is 3.72. The van der Waals surface area contributed by atoms with Crippen molar-refractivity contribution in [1.82, 2.24) is 0 Å². The van der Waals surface area contributed by atoms with E-state index in [0.717, 1.165) is 11.3 Å². The Morgan fingerprint density at radius 1 is 1.06 bits per heavy atom. The van der Waals surface area contributed by atoms with Crippen molar-refractivity contribution < 1.29 is 14.6 Å². The van der Waals surface area contributed by atoms with Crippen LogP contribution in [0.1, 0.15) is 21.5 Å². The molecular formula is C15H14O3. The highest BCUT2D eigenvalue weighted by Gasteiger charge is 2.08. The molecule has 3 nitrogen and oxygen atoms in total. The van der Waals surface area contributed by atoms with Gasteiger partial charge in [-0.2, -0.15) is 0 Å². The van der Waals surface area contributed by atoms with E-state index in [9.17, 15) is 4.79 Å². The van der Waals surface area contributed by atoms with Gasteiger partial charge in [0.15, 0.2) is 0 Å². The van der Waals surface area contributed by atoms with Gasteiger partial charge in [0.05, 0.1) is 5.56 Å². The predicted molar refractivity (Wildman–Crippen MR) is 69.4 cm³/mol. The standard InChI is InChI=1S/C15H14O3/c1-10-5-3-4-6-14(10)18-12-7-8-13(15(16)17)11(2)9-12/h3-9H,1-2H3,(H,16,17). The molecule has 0 fully saturated rings. The molecule has 0 heterocycles. The number of carboxylic acid groups (broad SMARTS) is 1. The summed E-state index contributed by atoms with van der Waals surface area (Å²) in [7, 11) is 0. The van der Waals surface area contributed by atoms with E-state index in [1.807, 2.05) is 31.2 Å². The first-order chi connectivity index (χ1) is 8.58. The molecule has 0 radical (unpaired) electrons. The van der Waals surface area contributed by atoms with Gasteiger partial charge >= 0.3 is 5.97 Å². The van der Waals surface area contributed by atoms with Crippen molar-refractivity contribution in [3.63, 3.8) is 0 Å². The lowest BCUT2D eigenvalue weighted by molar-refractivity contribution is 0.0696. The number of carbonyl (C=O) groups is 1. The maximum Gasteiger partial charge on any atom is 0.335 e. The van der Waals surface area contributed by atoms with Crippen molar-refractivity contribution in [3.8, 4) is 11.5 Å². The summed E-state index contributed by atoms with van der Waals surface area (Å²) in [5.74, 6) is 0.502. The fourth-order valence-corrected chi connectivity index (χ4v) is 1.74. The lowest BCUT2D eigenvalue weighted by Gasteiger charge is -2.09. The Bertz CT molecular complexity index is 588. The molecule has 0 spiro atoms. The molecule has 0 aliphatic carbocycles. The number of rotatable bonds is 3. The first-order valence-corrected chi connectivity index (χ1v) is 5.65. The quantitative estimate of drug-likeness (QED) is 0.890. The monoisotopic (exact) mass is 242 g/mol. The number of hydrogen-bond acceptors (Lipinski definition) is 2. The molecule has 1 N–H and O–H groups in total. The van der Waals surface area contributed by atoms with Gasteiger partial charge in [0.2, 0.25) is 0 Å². The second-order valence-corrected chi connectivity index (χ2v) is 4.15. The van der Waals surface area contributed by atoms with Crippen LogP contribution in [0, 0.1) is 13.8 Å². The zero-order valence-corrected chi connectivity index (χ0v) is 10.3. The highest BCUT2D eigenvalue weighted by molar-refractivity contribution is 5.89. The molecule has 0 saturated carbocycles. The van der Waals surface area contributed by atoms with Gasteiger partial charge in [0.25, 0.3) is 0 Å². The first-order valence-electron chi connectivity index (χ1n) is 5.65. The van der Waals surface area contributed by atoms with Gasteiger partial charge in [0, 0.05) is 0 Å². The summed E-state index contributed by atoms with van der Waals surface area (Å²) in [6.07, 6.45) is 0. The largest absolute Gasteiger partial charge is 0.478 e. The Kier molecular flexibility index (Phi) is 3.33. The van der Waals surface area contributed by atoms with Crippen molar-refractivity contribution in [2.24, 2.45) is 0 Å². The Morgan fingerprint density at radius 2 is 1.78 bits per heavy atom. The molecular weight excluding hydrogens is 228 g/mol. The molecule has 0 aliphatic rings. The van der Waals surface area contributed by atoms with Gasteiger partial charge in [-0.1, -0.05) is 18.2 Å². The third-order valence-corrected chi connectivity index (χ3v) is 2.75. The molecule has 92 valence electrons.